The molecule has 0 bridgehead atoms. The molecule has 1 fully saturated rings. The van der Waals surface area contributed by atoms with Crippen LogP contribution in [-0.4, -0.2) is 32.9 Å². The molecule has 8 heteroatoms. The SMILES string of the molecule is COc1ccccc1NS(=O)(=O)c1cccc(C(=O)N2CCCC2c2ccsc2)c1. The first-order valence-corrected chi connectivity index (χ1v) is 12.0. The summed E-state index contributed by atoms with van der Waals surface area (Å²) in [7, 11) is -2.40. The lowest BCUT2D eigenvalue weighted by Crippen LogP contribution is -2.30. The van der Waals surface area contributed by atoms with Crippen molar-refractivity contribution in [3.05, 3.63) is 76.5 Å². The van der Waals surface area contributed by atoms with Crippen molar-refractivity contribution in [3.8, 4) is 5.75 Å². The van der Waals surface area contributed by atoms with Crippen LogP contribution >= 0.6 is 11.3 Å². The van der Waals surface area contributed by atoms with Crippen LogP contribution in [0.2, 0.25) is 0 Å². The number of likely N-dealkylation sites (tertiary alicyclic amines) is 1. The number of nitrogens with one attached hydrogen (secondary N) is 1. The number of carbonyl (C=O) groups is 1. The summed E-state index contributed by atoms with van der Waals surface area (Å²) in [5.41, 5.74) is 1.83. The predicted molar refractivity (Wildman–Crippen MR) is 118 cm³/mol. The van der Waals surface area contributed by atoms with E-state index in [0.29, 0.717) is 23.5 Å². The van der Waals surface area contributed by atoms with E-state index in [-0.39, 0.29) is 16.8 Å². The number of sulfonamides is 1. The Bertz CT molecular complexity index is 1140. The minimum atomic E-state index is -3.88. The number of nitrogens with zero attached hydrogens (tertiary/aromatic N) is 1. The fourth-order valence-electron chi connectivity index (χ4n) is 3.72. The molecule has 2 heterocycles. The van der Waals surface area contributed by atoms with Crippen molar-refractivity contribution >= 4 is 33.0 Å². The standard InChI is InChI=1S/C22H22N2O4S2/c1-28-21-10-3-2-8-19(21)23-30(26,27)18-7-4-6-16(14-18)22(25)24-12-5-9-20(24)17-11-13-29-15-17/h2-4,6-8,10-11,13-15,20,23H,5,9,12H2,1H3. The zero-order valence-corrected chi connectivity index (χ0v) is 18.1. The summed E-state index contributed by atoms with van der Waals surface area (Å²) in [6.45, 7) is 0.662. The summed E-state index contributed by atoms with van der Waals surface area (Å²) >= 11 is 1.61. The molecule has 4 rings (SSSR count). The summed E-state index contributed by atoms with van der Waals surface area (Å²) in [4.78, 5) is 15.1. The fourth-order valence-corrected chi connectivity index (χ4v) is 5.54. The number of rotatable bonds is 6. The van der Waals surface area contributed by atoms with Gasteiger partial charge in [-0.1, -0.05) is 18.2 Å². The van der Waals surface area contributed by atoms with Gasteiger partial charge in [-0.2, -0.15) is 11.3 Å². The van der Waals surface area contributed by atoms with Gasteiger partial charge in [0.25, 0.3) is 15.9 Å². The Morgan fingerprint density at radius 1 is 1.17 bits per heavy atom. The lowest BCUT2D eigenvalue weighted by Gasteiger charge is -2.24. The number of ether oxygens (including phenoxy) is 1. The molecule has 0 spiro atoms. The molecule has 30 heavy (non-hydrogen) atoms. The van der Waals surface area contributed by atoms with E-state index in [1.807, 2.05) is 16.3 Å². The Morgan fingerprint density at radius 2 is 2.00 bits per heavy atom. The molecule has 1 atom stereocenters. The van der Waals surface area contributed by atoms with Crippen LogP contribution in [0.4, 0.5) is 5.69 Å². The molecular weight excluding hydrogens is 420 g/mol. The topological polar surface area (TPSA) is 75.7 Å². The van der Waals surface area contributed by atoms with Gasteiger partial charge in [-0.25, -0.2) is 8.42 Å². The van der Waals surface area contributed by atoms with Gasteiger partial charge in [0.1, 0.15) is 5.75 Å². The third kappa shape index (κ3) is 4.06. The molecule has 156 valence electrons. The first kappa shape index (κ1) is 20.4. The van der Waals surface area contributed by atoms with E-state index in [1.165, 1.54) is 19.2 Å². The molecule has 6 nitrogen and oxygen atoms in total. The molecule has 1 saturated heterocycles. The number of carbonyl (C=O) groups excluding carboxylic acids is 1. The molecule has 1 aliphatic rings. The van der Waals surface area contributed by atoms with Gasteiger partial charge in [0, 0.05) is 12.1 Å². The summed E-state index contributed by atoms with van der Waals surface area (Å²) in [6, 6.07) is 15.0. The Morgan fingerprint density at radius 3 is 2.77 bits per heavy atom. The van der Waals surface area contributed by atoms with E-state index in [1.54, 1.807) is 47.7 Å². The van der Waals surface area contributed by atoms with Crippen LogP contribution in [0.3, 0.4) is 0 Å². The van der Waals surface area contributed by atoms with E-state index in [9.17, 15) is 13.2 Å². The molecule has 1 aromatic heterocycles. The van der Waals surface area contributed by atoms with E-state index in [0.717, 1.165) is 18.4 Å². The average molecular weight is 443 g/mol. The van der Waals surface area contributed by atoms with Crippen LogP contribution in [0.25, 0.3) is 0 Å². The molecule has 0 saturated carbocycles. The van der Waals surface area contributed by atoms with Crippen LogP contribution in [-0.2, 0) is 10.0 Å². The second-order valence-electron chi connectivity index (χ2n) is 7.05. The number of amides is 1. The second-order valence-corrected chi connectivity index (χ2v) is 9.51. The summed E-state index contributed by atoms with van der Waals surface area (Å²) in [5, 5.41) is 4.07. The van der Waals surface area contributed by atoms with Gasteiger partial charge in [-0.05, 0) is 65.6 Å². The number of hydrogen-bond acceptors (Lipinski definition) is 5. The van der Waals surface area contributed by atoms with Gasteiger partial charge in [0.15, 0.2) is 0 Å². The van der Waals surface area contributed by atoms with Gasteiger partial charge in [-0.15, -0.1) is 0 Å². The average Bonchev–Trinajstić information content (AvgIpc) is 3.45. The number of benzene rings is 2. The molecule has 0 radical (unpaired) electrons. The van der Waals surface area contributed by atoms with Crippen LogP contribution in [0, 0.1) is 0 Å². The summed E-state index contributed by atoms with van der Waals surface area (Å²) in [6.07, 6.45) is 1.84. The maximum absolute atomic E-state index is 13.2. The number of para-hydroxylation sites is 2. The van der Waals surface area contributed by atoms with Crippen LogP contribution in [0.1, 0.15) is 34.8 Å². The Kier molecular flexibility index (Phi) is 5.78. The van der Waals surface area contributed by atoms with Gasteiger partial charge < -0.3 is 9.64 Å². The molecule has 1 amide bonds. The minimum absolute atomic E-state index is 0.0329. The number of thiophene rings is 1. The maximum atomic E-state index is 13.2. The lowest BCUT2D eigenvalue weighted by atomic mass is 10.1. The highest BCUT2D eigenvalue weighted by molar-refractivity contribution is 7.92. The molecule has 0 aliphatic carbocycles. The third-order valence-electron chi connectivity index (χ3n) is 5.18. The van der Waals surface area contributed by atoms with Gasteiger partial charge in [0.2, 0.25) is 0 Å². The highest BCUT2D eigenvalue weighted by Gasteiger charge is 2.31. The first-order valence-electron chi connectivity index (χ1n) is 9.58. The van der Waals surface area contributed by atoms with E-state index >= 15 is 0 Å². The van der Waals surface area contributed by atoms with E-state index < -0.39 is 10.0 Å². The van der Waals surface area contributed by atoms with Crippen molar-refractivity contribution in [3.63, 3.8) is 0 Å². The number of anilines is 1. The highest BCUT2D eigenvalue weighted by atomic mass is 32.2. The zero-order chi connectivity index (χ0) is 21.1. The van der Waals surface area contributed by atoms with Crippen LogP contribution in [0.15, 0.2) is 70.3 Å². The van der Waals surface area contributed by atoms with Crippen molar-refractivity contribution in [2.45, 2.75) is 23.8 Å². The lowest BCUT2D eigenvalue weighted by molar-refractivity contribution is 0.0735. The van der Waals surface area contributed by atoms with Gasteiger partial charge in [0.05, 0.1) is 23.7 Å². The van der Waals surface area contributed by atoms with Gasteiger partial charge >= 0.3 is 0 Å². The molecule has 1 aliphatic heterocycles. The van der Waals surface area contributed by atoms with Crippen molar-refractivity contribution in [2.75, 3.05) is 18.4 Å². The third-order valence-corrected chi connectivity index (χ3v) is 7.25. The van der Waals surface area contributed by atoms with Crippen LogP contribution < -0.4 is 9.46 Å². The second kappa shape index (κ2) is 8.49. The number of methoxy groups -OCH3 is 1. The Balaban J connectivity index is 1.60. The van der Waals surface area contributed by atoms with Crippen molar-refractivity contribution < 1.29 is 17.9 Å². The van der Waals surface area contributed by atoms with Crippen LogP contribution in [0.5, 0.6) is 5.75 Å². The molecular formula is C22H22N2O4S2. The molecule has 1 N–H and O–H groups in total. The fraction of sp³-hybridized carbons (Fsp3) is 0.227. The quantitative estimate of drug-likeness (QED) is 0.608. The van der Waals surface area contributed by atoms with Crippen molar-refractivity contribution in [2.24, 2.45) is 0 Å². The Hall–Kier alpha value is -2.84. The van der Waals surface area contributed by atoms with E-state index in [4.69, 9.17) is 4.74 Å². The van der Waals surface area contributed by atoms with Crippen molar-refractivity contribution in [1.82, 2.24) is 4.90 Å². The Labute approximate surface area is 180 Å². The largest absolute Gasteiger partial charge is 0.495 e. The maximum Gasteiger partial charge on any atom is 0.262 e. The highest BCUT2D eigenvalue weighted by Crippen LogP contribution is 2.34. The summed E-state index contributed by atoms with van der Waals surface area (Å²) < 4.78 is 33.6. The predicted octanol–water partition coefficient (Wildman–Crippen LogP) is 4.53. The minimum Gasteiger partial charge on any atom is -0.495 e. The van der Waals surface area contributed by atoms with Gasteiger partial charge in [-0.3, -0.25) is 9.52 Å². The zero-order valence-electron chi connectivity index (χ0n) is 16.4. The first-order chi connectivity index (χ1) is 14.5. The normalized spacial score (nSPS) is 16.4. The molecule has 3 aromatic rings. The van der Waals surface area contributed by atoms with E-state index in [2.05, 4.69) is 10.1 Å². The number of hydrogen-bond donors (Lipinski definition) is 1. The molecule has 2 aromatic carbocycles. The smallest absolute Gasteiger partial charge is 0.262 e. The monoisotopic (exact) mass is 442 g/mol. The van der Waals surface area contributed by atoms with Crippen molar-refractivity contribution in [1.29, 1.82) is 0 Å². The molecule has 1 unspecified atom stereocenters. The summed E-state index contributed by atoms with van der Waals surface area (Å²) in [5.74, 6) is 0.266.